The summed E-state index contributed by atoms with van der Waals surface area (Å²) in [4.78, 5) is 0. The zero-order valence-electron chi connectivity index (χ0n) is 7.42. The topological polar surface area (TPSA) is 0 Å². The largest absolute Gasteiger partial charge is 0.0842 e. The maximum absolute atomic E-state index is 2.34. The lowest BCUT2D eigenvalue weighted by Crippen LogP contribution is -1.94. The minimum atomic E-state index is 0.746. The Morgan fingerprint density at radius 1 is 1.18 bits per heavy atom. The van der Waals surface area contributed by atoms with Gasteiger partial charge in [0.2, 0.25) is 0 Å². The summed E-state index contributed by atoms with van der Waals surface area (Å²) in [6, 6.07) is 0. The summed E-state index contributed by atoms with van der Waals surface area (Å²) in [6.07, 6.45) is 15.8. The quantitative estimate of drug-likeness (QED) is 0.423. The van der Waals surface area contributed by atoms with Crippen molar-refractivity contribution >= 4 is 0 Å². The van der Waals surface area contributed by atoms with Crippen molar-refractivity contribution in [2.24, 2.45) is 5.92 Å². The molecule has 0 aromatic heterocycles. The first kappa shape index (κ1) is 8.58. The van der Waals surface area contributed by atoms with Gasteiger partial charge in [-0.15, -0.1) is 0 Å². The third kappa shape index (κ3) is 3.41. The van der Waals surface area contributed by atoms with E-state index in [0.717, 1.165) is 12.3 Å². The average molecular weight is 150 g/mol. The van der Waals surface area contributed by atoms with Crippen molar-refractivity contribution in [1.29, 1.82) is 0 Å². The minimum absolute atomic E-state index is 0.746. The standard InChI is InChI=1S/C11H18/c1-2-3-5-8-11-9-6-4-7-10-11/h6-7,9-11H,2-5,8H2,1H3. The van der Waals surface area contributed by atoms with Crippen LogP contribution in [0.1, 0.15) is 39.0 Å². The highest BCUT2D eigenvalue weighted by molar-refractivity contribution is 5.08. The van der Waals surface area contributed by atoms with E-state index in [1.165, 1.54) is 25.7 Å². The molecular weight excluding hydrogens is 132 g/mol. The minimum Gasteiger partial charge on any atom is -0.0842 e. The van der Waals surface area contributed by atoms with Crippen molar-refractivity contribution < 1.29 is 0 Å². The van der Waals surface area contributed by atoms with Crippen molar-refractivity contribution in [2.45, 2.75) is 39.0 Å². The molecule has 0 N–H and O–H groups in total. The van der Waals surface area contributed by atoms with Crippen LogP contribution in [0.15, 0.2) is 24.3 Å². The molecule has 0 unspecified atom stereocenters. The first-order valence-electron chi connectivity index (χ1n) is 4.77. The molecule has 62 valence electrons. The summed E-state index contributed by atoms with van der Waals surface area (Å²) in [6.45, 7) is 2.26. The number of rotatable bonds is 4. The second-order valence-corrected chi connectivity index (χ2v) is 3.25. The van der Waals surface area contributed by atoms with Gasteiger partial charge in [0, 0.05) is 0 Å². The van der Waals surface area contributed by atoms with E-state index >= 15 is 0 Å². The molecule has 0 bridgehead atoms. The van der Waals surface area contributed by atoms with Gasteiger partial charge in [0.1, 0.15) is 0 Å². The summed E-state index contributed by atoms with van der Waals surface area (Å²) >= 11 is 0. The lowest BCUT2D eigenvalue weighted by Gasteiger charge is -2.09. The first-order chi connectivity index (χ1) is 5.43. The average Bonchev–Trinajstić information content (AvgIpc) is 2.07. The molecule has 0 aromatic rings. The van der Waals surface area contributed by atoms with E-state index < -0.39 is 0 Å². The Kier molecular flexibility index (Phi) is 4.03. The highest BCUT2D eigenvalue weighted by Gasteiger charge is 2.00. The maximum Gasteiger partial charge on any atom is -0.00533 e. The molecule has 0 atom stereocenters. The van der Waals surface area contributed by atoms with Crippen molar-refractivity contribution in [3.63, 3.8) is 0 Å². The van der Waals surface area contributed by atoms with E-state index in [1.54, 1.807) is 0 Å². The van der Waals surface area contributed by atoms with E-state index in [-0.39, 0.29) is 0 Å². The Morgan fingerprint density at radius 2 is 1.91 bits per heavy atom. The van der Waals surface area contributed by atoms with Gasteiger partial charge in [-0.2, -0.15) is 0 Å². The molecule has 0 saturated heterocycles. The maximum atomic E-state index is 2.34. The van der Waals surface area contributed by atoms with Crippen LogP contribution in [0.25, 0.3) is 0 Å². The van der Waals surface area contributed by atoms with E-state index in [4.69, 9.17) is 0 Å². The molecule has 0 saturated carbocycles. The molecule has 0 heterocycles. The number of hydrogen-bond acceptors (Lipinski definition) is 0. The highest BCUT2D eigenvalue weighted by Crippen LogP contribution is 2.16. The van der Waals surface area contributed by atoms with Gasteiger partial charge in [0.25, 0.3) is 0 Å². The van der Waals surface area contributed by atoms with Crippen LogP contribution in [0.3, 0.4) is 0 Å². The molecule has 11 heavy (non-hydrogen) atoms. The molecule has 0 heteroatoms. The molecular formula is C11H18. The van der Waals surface area contributed by atoms with Crippen LogP contribution < -0.4 is 0 Å². The molecule has 1 aliphatic carbocycles. The highest BCUT2D eigenvalue weighted by atomic mass is 14.1. The van der Waals surface area contributed by atoms with Crippen molar-refractivity contribution in [1.82, 2.24) is 0 Å². The Bertz CT molecular complexity index is 130. The summed E-state index contributed by atoms with van der Waals surface area (Å²) in [7, 11) is 0. The van der Waals surface area contributed by atoms with Crippen LogP contribution >= 0.6 is 0 Å². The molecule has 0 nitrogen and oxygen atoms in total. The molecule has 0 aromatic carbocycles. The van der Waals surface area contributed by atoms with Gasteiger partial charge in [-0.25, -0.2) is 0 Å². The van der Waals surface area contributed by atoms with Gasteiger partial charge in [0.05, 0.1) is 0 Å². The fourth-order valence-electron chi connectivity index (χ4n) is 1.47. The summed E-state index contributed by atoms with van der Waals surface area (Å²) in [5.41, 5.74) is 0. The molecule has 0 radical (unpaired) electrons. The van der Waals surface area contributed by atoms with Gasteiger partial charge in [-0.05, 0) is 18.8 Å². The van der Waals surface area contributed by atoms with E-state index in [0.29, 0.717) is 0 Å². The van der Waals surface area contributed by atoms with Gasteiger partial charge >= 0.3 is 0 Å². The van der Waals surface area contributed by atoms with Crippen molar-refractivity contribution in [2.75, 3.05) is 0 Å². The normalized spacial score (nSPS) is 17.5. The van der Waals surface area contributed by atoms with Crippen LogP contribution in [0.2, 0.25) is 0 Å². The monoisotopic (exact) mass is 150 g/mol. The fourth-order valence-corrected chi connectivity index (χ4v) is 1.47. The number of allylic oxidation sites excluding steroid dienone is 4. The van der Waals surface area contributed by atoms with Crippen LogP contribution in [-0.4, -0.2) is 0 Å². The Morgan fingerprint density at radius 3 is 2.55 bits per heavy atom. The van der Waals surface area contributed by atoms with Gasteiger partial charge in [0.15, 0.2) is 0 Å². The van der Waals surface area contributed by atoms with Crippen LogP contribution in [-0.2, 0) is 0 Å². The van der Waals surface area contributed by atoms with E-state index in [2.05, 4.69) is 31.2 Å². The van der Waals surface area contributed by atoms with Crippen LogP contribution in [0.4, 0.5) is 0 Å². The zero-order valence-corrected chi connectivity index (χ0v) is 7.42. The van der Waals surface area contributed by atoms with Gasteiger partial charge in [-0.1, -0.05) is 50.5 Å². The lowest BCUT2D eigenvalue weighted by molar-refractivity contribution is 0.607. The third-order valence-electron chi connectivity index (χ3n) is 2.18. The first-order valence-corrected chi connectivity index (χ1v) is 4.77. The predicted octanol–water partition coefficient (Wildman–Crippen LogP) is 3.70. The molecule has 0 amide bonds. The Balaban J connectivity index is 2.10. The summed E-state index contributed by atoms with van der Waals surface area (Å²) in [5, 5.41) is 0. The van der Waals surface area contributed by atoms with E-state index in [9.17, 15) is 0 Å². The van der Waals surface area contributed by atoms with Gasteiger partial charge in [-0.3, -0.25) is 0 Å². The third-order valence-corrected chi connectivity index (χ3v) is 2.18. The molecule has 1 rings (SSSR count). The molecule has 0 fully saturated rings. The van der Waals surface area contributed by atoms with Crippen molar-refractivity contribution in [3.8, 4) is 0 Å². The zero-order chi connectivity index (χ0) is 7.94. The number of unbranched alkanes of at least 4 members (excludes halogenated alkanes) is 2. The Hall–Kier alpha value is -0.520. The van der Waals surface area contributed by atoms with E-state index in [1.807, 2.05) is 0 Å². The van der Waals surface area contributed by atoms with Crippen LogP contribution in [0, 0.1) is 5.92 Å². The summed E-state index contributed by atoms with van der Waals surface area (Å²) < 4.78 is 0. The number of hydrogen-bond donors (Lipinski definition) is 0. The predicted molar refractivity (Wildman–Crippen MR) is 50.5 cm³/mol. The molecule has 0 aliphatic heterocycles. The molecule has 0 spiro atoms. The van der Waals surface area contributed by atoms with Gasteiger partial charge < -0.3 is 0 Å². The molecule has 1 aliphatic rings. The van der Waals surface area contributed by atoms with Crippen molar-refractivity contribution in [3.05, 3.63) is 24.3 Å². The SMILES string of the molecule is CCCCCC1C=CCC=C1. The second-order valence-electron chi connectivity index (χ2n) is 3.25. The fraction of sp³-hybridized carbons (Fsp3) is 0.636. The Labute approximate surface area is 70.0 Å². The van der Waals surface area contributed by atoms with Crippen LogP contribution in [0.5, 0.6) is 0 Å². The lowest BCUT2D eigenvalue weighted by atomic mass is 9.97. The smallest absolute Gasteiger partial charge is 0.00533 e. The second kappa shape index (κ2) is 5.17. The summed E-state index contributed by atoms with van der Waals surface area (Å²) in [5.74, 6) is 0.746.